The molecule has 10 heteroatoms. The molecule has 3 N–H and O–H groups in total. The van der Waals surface area contributed by atoms with Gasteiger partial charge in [0.2, 0.25) is 5.95 Å². The molecule has 2 atom stereocenters. The summed E-state index contributed by atoms with van der Waals surface area (Å²) in [5, 5.41) is 24.3. The minimum Gasteiger partial charge on any atom is -0.368 e. The Labute approximate surface area is 227 Å². The number of anilines is 2. The minimum absolute atomic E-state index is 0.104. The Morgan fingerprint density at radius 2 is 1.83 bits per heavy atom. The van der Waals surface area contributed by atoms with E-state index in [2.05, 4.69) is 20.1 Å². The van der Waals surface area contributed by atoms with Crippen molar-refractivity contribution in [2.24, 2.45) is 17.3 Å². The summed E-state index contributed by atoms with van der Waals surface area (Å²) in [6.07, 6.45) is 4.60. The number of nitrogens with zero attached hydrogens (tertiary/aromatic N) is 4. The molecule has 0 unspecified atom stereocenters. The Morgan fingerprint density at radius 1 is 1.08 bits per heavy atom. The molecule has 0 amide bonds. The van der Waals surface area contributed by atoms with Crippen molar-refractivity contribution in [1.82, 2.24) is 14.9 Å². The van der Waals surface area contributed by atoms with Crippen molar-refractivity contribution in [2.75, 3.05) is 36.4 Å². The number of halogens is 3. The molecule has 36 heavy (non-hydrogen) atoms. The van der Waals surface area contributed by atoms with E-state index in [0.29, 0.717) is 44.7 Å². The van der Waals surface area contributed by atoms with Gasteiger partial charge in [-0.15, -0.1) is 0 Å². The molecule has 196 valence electrons. The van der Waals surface area contributed by atoms with Crippen molar-refractivity contribution >= 4 is 46.6 Å². The number of piperidine rings is 1. The van der Waals surface area contributed by atoms with Gasteiger partial charge in [-0.3, -0.25) is 0 Å². The van der Waals surface area contributed by atoms with E-state index in [1.807, 2.05) is 26.0 Å². The highest BCUT2D eigenvalue weighted by Gasteiger charge is 2.48. The molecule has 0 bridgehead atoms. The maximum atomic E-state index is 9.63. The van der Waals surface area contributed by atoms with Crippen LogP contribution in [0.15, 0.2) is 24.4 Å². The zero-order valence-electron chi connectivity index (χ0n) is 20.7. The molecule has 3 heterocycles. The Kier molecular flexibility index (Phi) is 7.61. The van der Waals surface area contributed by atoms with Crippen LogP contribution in [0.3, 0.4) is 0 Å². The first-order valence-electron chi connectivity index (χ1n) is 12.7. The first-order valence-corrected chi connectivity index (χ1v) is 13.9. The monoisotopic (exact) mass is 553 g/mol. The van der Waals surface area contributed by atoms with E-state index in [4.69, 9.17) is 39.8 Å². The minimum atomic E-state index is -1.22. The highest BCUT2D eigenvalue weighted by molar-refractivity contribution is 6.35. The lowest BCUT2D eigenvalue weighted by Gasteiger charge is -2.54. The predicted octanol–water partition coefficient (Wildman–Crippen LogP) is 5.24. The molecule has 2 aliphatic heterocycles. The third-order valence-electron chi connectivity index (χ3n) is 8.41. The van der Waals surface area contributed by atoms with Crippen molar-refractivity contribution in [3.63, 3.8) is 0 Å². The van der Waals surface area contributed by atoms with E-state index in [1.165, 1.54) is 12.8 Å². The van der Waals surface area contributed by atoms with Crippen LogP contribution in [0.2, 0.25) is 15.1 Å². The molecule has 2 saturated heterocycles. The average Bonchev–Trinajstić information content (AvgIpc) is 2.78. The summed E-state index contributed by atoms with van der Waals surface area (Å²) in [5.41, 5.74) is 0.572. The lowest BCUT2D eigenvalue weighted by atomic mass is 9.65. The van der Waals surface area contributed by atoms with Crippen molar-refractivity contribution < 1.29 is 10.2 Å². The van der Waals surface area contributed by atoms with Crippen molar-refractivity contribution in [3.8, 4) is 0 Å². The van der Waals surface area contributed by atoms with Crippen LogP contribution in [-0.2, 0) is 0 Å². The quantitative estimate of drug-likeness (QED) is 0.404. The lowest BCUT2D eigenvalue weighted by molar-refractivity contribution is -0.183. The van der Waals surface area contributed by atoms with E-state index in [-0.39, 0.29) is 11.5 Å². The van der Waals surface area contributed by atoms with Gasteiger partial charge in [-0.05, 0) is 68.7 Å². The normalized spacial score (nSPS) is 28.1. The van der Waals surface area contributed by atoms with Crippen LogP contribution in [-0.4, -0.2) is 63.6 Å². The van der Waals surface area contributed by atoms with Gasteiger partial charge in [0.25, 0.3) is 0 Å². The summed E-state index contributed by atoms with van der Waals surface area (Å²) < 4.78 is 0. The third-order valence-corrected chi connectivity index (χ3v) is 9.24. The summed E-state index contributed by atoms with van der Waals surface area (Å²) in [6, 6.07) is 5.82. The van der Waals surface area contributed by atoms with Crippen LogP contribution in [0.25, 0.3) is 0 Å². The number of aliphatic hydroxyl groups is 2. The van der Waals surface area contributed by atoms with Gasteiger partial charge in [-0.2, -0.15) is 4.98 Å². The van der Waals surface area contributed by atoms with Crippen LogP contribution in [0.1, 0.15) is 51.1 Å². The second-order valence-electron chi connectivity index (χ2n) is 11.1. The first-order chi connectivity index (χ1) is 17.1. The van der Waals surface area contributed by atoms with Gasteiger partial charge >= 0.3 is 0 Å². The number of aliphatic hydroxyl groups excluding tert-OH is 1. The summed E-state index contributed by atoms with van der Waals surface area (Å²) >= 11 is 18.8. The van der Waals surface area contributed by atoms with E-state index < -0.39 is 6.29 Å². The number of benzene rings is 1. The van der Waals surface area contributed by atoms with Crippen molar-refractivity contribution in [1.29, 1.82) is 0 Å². The van der Waals surface area contributed by atoms with E-state index in [0.717, 1.165) is 44.6 Å². The molecule has 5 rings (SSSR count). The van der Waals surface area contributed by atoms with E-state index in [9.17, 15) is 10.2 Å². The largest absolute Gasteiger partial charge is 0.368 e. The first kappa shape index (κ1) is 26.3. The molecule has 3 aliphatic rings. The SMILES string of the molecule is C[C@@H](Nc1nc(N2CC([C@H]3CCCN([C@H]4C[C@@](C)(C(O)O)C4)C3)C2)ncc1Cl)c1ccc(Cl)cc1Cl. The van der Waals surface area contributed by atoms with Crippen LogP contribution in [0, 0.1) is 17.3 Å². The molecule has 1 aromatic heterocycles. The van der Waals surface area contributed by atoms with E-state index in [1.54, 1.807) is 12.3 Å². The molecule has 0 spiro atoms. The second kappa shape index (κ2) is 10.4. The number of likely N-dealkylation sites (tertiary alicyclic amines) is 1. The van der Waals surface area contributed by atoms with Crippen LogP contribution in [0.4, 0.5) is 11.8 Å². The highest BCUT2D eigenvalue weighted by atomic mass is 35.5. The van der Waals surface area contributed by atoms with Crippen LogP contribution in [0.5, 0.6) is 0 Å². The highest BCUT2D eigenvalue weighted by Crippen LogP contribution is 2.47. The fourth-order valence-corrected chi connectivity index (χ4v) is 6.68. The van der Waals surface area contributed by atoms with Gasteiger partial charge in [0.1, 0.15) is 5.02 Å². The summed E-state index contributed by atoms with van der Waals surface area (Å²) in [7, 11) is 0. The number of aromatic nitrogens is 2. The Bertz CT molecular complexity index is 1090. The maximum Gasteiger partial charge on any atom is 0.227 e. The summed E-state index contributed by atoms with van der Waals surface area (Å²) in [5.74, 6) is 2.54. The van der Waals surface area contributed by atoms with Gasteiger partial charge in [0, 0.05) is 41.1 Å². The van der Waals surface area contributed by atoms with Crippen molar-refractivity contribution in [3.05, 3.63) is 45.0 Å². The topological polar surface area (TPSA) is 84.8 Å². The van der Waals surface area contributed by atoms with Gasteiger partial charge in [0.05, 0.1) is 12.2 Å². The third kappa shape index (κ3) is 5.29. The van der Waals surface area contributed by atoms with Gasteiger partial charge in [0.15, 0.2) is 12.1 Å². The van der Waals surface area contributed by atoms with Gasteiger partial charge in [-0.25, -0.2) is 4.98 Å². The Balaban J connectivity index is 1.17. The number of rotatable bonds is 7. The molecule has 7 nitrogen and oxygen atoms in total. The summed E-state index contributed by atoms with van der Waals surface area (Å²) in [4.78, 5) is 14.0. The molecular weight excluding hydrogens is 521 g/mol. The smallest absolute Gasteiger partial charge is 0.227 e. The van der Waals surface area contributed by atoms with Crippen molar-refractivity contribution in [2.45, 2.75) is 57.9 Å². The fraction of sp³-hybridized carbons (Fsp3) is 0.615. The van der Waals surface area contributed by atoms with Gasteiger partial charge < -0.3 is 25.3 Å². The average molecular weight is 555 g/mol. The van der Waals surface area contributed by atoms with Gasteiger partial charge in [-0.1, -0.05) is 47.8 Å². The zero-order valence-corrected chi connectivity index (χ0v) is 22.9. The van der Waals surface area contributed by atoms with Crippen LogP contribution >= 0.6 is 34.8 Å². The Hall–Kier alpha value is -1.35. The zero-order chi connectivity index (χ0) is 25.6. The number of hydrogen-bond acceptors (Lipinski definition) is 7. The Morgan fingerprint density at radius 3 is 2.53 bits per heavy atom. The standard InChI is InChI=1S/C26H34Cl3N5O2/c1-15(20-6-5-18(27)8-21(20)28)31-23-22(29)11-30-25(32-23)34-13-17(14-34)16-4-3-7-33(12-16)19-9-26(2,10-19)24(35)36/h5-6,8,11,15-17,19,24,35-36H,3-4,7,9-10,12-14H2,1-2H3,(H,30,31,32)/t15-,16+,19-,26+/m1/s1. The van der Waals surface area contributed by atoms with E-state index >= 15 is 0 Å². The number of hydrogen-bond donors (Lipinski definition) is 3. The van der Waals surface area contributed by atoms with Crippen LogP contribution < -0.4 is 10.2 Å². The summed E-state index contributed by atoms with van der Waals surface area (Å²) in [6.45, 7) is 8.06. The molecule has 1 saturated carbocycles. The lowest BCUT2D eigenvalue weighted by Crippen LogP contribution is -2.59. The second-order valence-corrected chi connectivity index (χ2v) is 12.3. The molecular formula is C26H34Cl3N5O2. The maximum absolute atomic E-state index is 9.63. The number of nitrogens with one attached hydrogen (secondary N) is 1. The molecule has 0 radical (unpaired) electrons. The fourth-order valence-electron chi connectivity index (χ4n) is 5.96. The predicted molar refractivity (Wildman–Crippen MR) is 145 cm³/mol. The molecule has 2 aromatic rings. The molecule has 1 aromatic carbocycles. The molecule has 3 fully saturated rings. The molecule has 1 aliphatic carbocycles.